The molecule has 0 spiro atoms. The summed E-state index contributed by atoms with van der Waals surface area (Å²) in [6, 6.07) is 14.0. The van der Waals surface area contributed by atoms with Crippen molar-refractivity contribution in [2.45, 2.75) is 13.1 Å². The van der Waals surface area contributed by atoms with Gasteiger partial charge in [-0.1, -0.05) is 18.2 Å². The van der Waals surface area contributed by atoms with Gasteiger partial charge in [0.25, 0.3) is 0 Å². The van der Waals surface area contributed by atoms with E-state index < -0.39 is 0 Å². The zero-order valence-electron chi connectivity index (χ0n) is 12.5. The van der Waals surface area contributed by atoms with Crippen LogP contribution in [0.5, 0.6) is 0 Å². The summed E-state index contributed by atoms with van der Waals surface area (Å²) in [7, 11) is 0. The molecule has 0 bridgehead atoms. The fourth-order valence-corrected chi connectivity index (χ4v) is 2.61. The fourth-order valence-electron chi connectivity index (χ4n) is 2.61. The van der Waals surface area contributed by atoms with Gasteiger partial charge in [0.05, 0.1) is 18.4 Å². The first-order valence-corrected chi connectivity index (χ1v) is 7.50. The lowest BCUT2D eigenvalue weighted by molar-refractivity contribution is 0.535. The van der Waals surface area contributed by atoms with Crippen LogP contribution in [-0.2, 0) is 13.1 Å². The first kappa shape index (κ1) is 13.5. The van der Waals surface area contributed by atoms with Crippen LogP contribution in [0.4, 0.5) is 0 Å². The van der Waals surface area contributed by atoms with Crippen LogP contribution in [0.2, 0.25) is 0 Å². The highest BCUT2D eigenvalue weighted by Crippen LogP contribution is 2.20. The first-order valence-electron chi connectivity index (χ1n) is 7.50. The summed E-state index contributed by atoms with van der Waals surface area (Å²) in [6.07, 6.45) is 9.36. The second kappa shape index (κ2) is 5.92. The van der Waals surface area contributed by atoms with Gasteiger partial charge in [-0.15, -0.1) is 0 Å². The Hall–Kier alpha value is -3.15. The van der Waals surface area contributed by atoms with Gasteiger partial charge in [-0.3, -0.25) is 4.68 Å². The van der Waals surface area contributed by atoms with Gasteiger partial charge in [-0.05, 0) is 24.3 Å². The van der Waals surface area contributed by atoms with Crippen molar-refractivity contribution in [3.05, 3.63) is 73.4 Å². The molecule has 0 atom stereocenters. The molecule has 0 N–H and O–H groups in total. The number of aromatic nitrogens is 6. The minimum Gasteiger partial charge on any atom is -0.328 e. The van der Waals surface area contributed by atoms with Crippen LogP contribution < -0.4 is 0 Å². The van der Waals surface area contributed by atoms with Crippen LogP contribution in [0, 0.1) is 0 Å². The number of hydrogen-bond acceptors (Lipinski definition) is 3. The van der Waals surface area contributed by atoms with Crippen LogP contribution in [0.1, 0.15) is 0 Å². The van der Waals surface area contributed by atoms with E-state index in [0.717, 1.165) is 30.3 Å². The predicted octanol–water partition coefficient (Wildman–Crippen LogP) is 2.63. The number of rotatable bonds is 5. The van der Waals surface area contributed by atoms with E-state index in [4.69, 9.17) is 0 Å². The molecule has 114 valence electrons. The van der Waals surface area contributed by atoms with Crippen molar-refractivity contribution in [1.82, 2.24) is 29.1 Å². The van der Waals surface area contributed by atoms with Crippen molar-refractivity contribution in [3.8, 4) is 17.2 Å². The van der Waals surface area contributed by atoms with Gasteiger partial charge in [0.15, 0.2) is 5.82 Å². The molecule has 0 aliphatic heterocycles. The Bertz CT molecular complexity index is 873. The van der Waals surface area contributed by atoms with E-state index in [-0.39, 0.29) is 0 Å². The Kier molecular flexibility index (Phi) is 3.48. The number of imidazole rings is 1. The molecule has 0 radical (unpaired) electrons. The Morgan fingerprint density at radius 1 is 0.783 bits per heavy atom. The topological polar surface area (TPSA) is 53.5 Å². The molecule has 3 aromatic heterocycles. The molecule has 1 aromatic carbocycles. The molecule has 0 aliphatic rings. The minimum atomic E-state index is 0.801. The van der Waals surface area contributed by atoms with Crippen molar-refractivity contribution in [1.29, 1.82) is 0 Å². The molecule has 0 amide bonds. The Labute approximate surface area is 133 Å². The predicted molar refractivity (Wildman–Crippen MR) is 87.0 cm³/mol. The summed E-state index contributed by atoms with van der Waals surface area (Å²) >= 11 is 0. The molecule has 0 fully saturated rings. The third-order valence-electron chi connectivity index (χ3n) is 3.72. The molecule has 3 heterocycles. The van der Waals surface area contributed by atoms with E-state index in [2.05, 4.69) is 19.7 Å². The number of benzene rings is 1. The van der Waals surface area contributed by atoms with Crippen molar-refractivity contribution >= 4 is 0 Å². The normalized spacial score (nSPS) is 11.0. The lowest BCUT2D eigenvalue weighted by Crippen LogP contribution is -2.10. The van der Waals surface area contributed by atoms with Gasteiger partial charge >= 0.3 is 0 Å². The summed E-state index contributed by atoms with van der Waals surface area (Å²) in [5.41, 5.74) is 2.00. The lowest BCUT2D eigenvalue weighted by Gasteiger charge is -2.10. The highest BCUT2D eigenvalue weighted by atomic mass is 15.3. The summed E-state index contributed by atoms with van der Waals surface area (Å²) in [6.45, 7) is 1.60. The lowest BCUT2D eigenvalue weighted by atomic mass is 10.3. The van der Waals surface area contributed by atoms with Gasteiger partial charge in [0, 0.05) is 31.3 Å². The molecule has 4 rings (SSSR count). The molecule has 0 unspecified atom stereocenters. The highest BCUT2D eigenvalue weighted by molar-refractivity contribution is 5.54. The van der Waals surface area contributed by atoms with Gasteiger partial charge in [-0.25, -0.2) is 9.67 Å². The molecule has 0 saturated carbocycles. The summed E-state index contributed by atoms with van der Waals surface area (Å²) in [5.74, 6) is 0.901. The van der Waals surface area contributed by atoms with E-state index in [1.54, 1.807) is 12.4 Å². The molecule has 0 aliphatic carbocycles. The average Bonchev–Trinajstić information content (AvgIpc) is 3.33. The van der Waals surface area contributed by atoms with Crippen LogP contribution >= 0.6 is 0 Å². The summed E-state index contributed by atoms with van der Waals surface area (Å²) in [5, 5.41) is 8.68. The molecule has 6 heteroatoms. The van der Waals surface area contributed by atoms with Gasteiger partial charge in [-0.2, -0.15) is 10.2 Å². The fraction of sp³-hybridized carbons (Fsp3) is 0.118. The van der Waals surface area contributed by atoms with Gasteiger partial charge < -0.3 is 4.57 Å². The van der Waals surface area contributed by atoms with Crippen LogP contribution in [0.15, 0.2) is 73.4 Å². The smallest absolute Gasteiger partial charge is 0.158 e. The Balaban J connectivity index is 1.65. The first-order chi connectivity index (χ1) is 11.4. The van der Waals surface area contributed by atoms with Crippen LogP contribution in [-0.4, -0.2) is 29.1 Å². The summed E-state index contributed by atoms with van der Waals surface area (Å²) in [4.78, 5) is 4.52. The quantitative estimate of drug-likeness (QED) is 0.569. The van der Waals surface area contributed by atoms with Crippen LogP contribution in [0.25, 0.3) is 17.2 Å². The maximum absolute atomic E-state index is 4.52. The third kappa shape index (κ3) is 2.66. The van der Waals surface area contributed by atoms with Crippen molar-refractivity contribution < 1.29 is 0 Å². The molecular formula is C17H16N6. The number of hydrogen-bond donors (Lipinski definition) is 0. The van der Waals surface area contributed by atoms with Gasteiger partial charge in [0.1, 0.15) is 5.69 Å². The second-order valence-electron chi connectivity index (χ2n) is 5.18. The van der Waals surface area contributed by atoms with Gasteiger partial charge in [0.2, 0.25) is 0 Å². The number of para-hydroxylation sites is 1. The zero-order chi connectivity index (χ0) is 15.5. The largest absolute Gasteiger partial charge is 0.328 e. The maximum atomic E-state index is 4.52. The highest BCUT2D eigenvalue weighted by Gasteiger charge is 2.12. The number of nitrogens with zero attached hydrogens (tertiary/aromatic N) is 6. The van der Waals surface area contributed by atoms with Crippen molar-refractivity contribution in [2.75, 3.05) is 0 Å². The van der Waals surface area contributed by atoms with E-state index >= 15 is 0 Å². The standard InChI is InChI=1S/C17H16N6/c1-2-5-15(6-3-1)23-16(7-9-20-23)17-18-10-12-21(17)13-14-22-11-4-8-19-22/h1-12H,13-14H2. The average molecular weight is 304 g/mol. The second-order valence-corrected chi connectivity index (χ2v) is 5.18. The van der Waals surface area contributed by atoms with Crippen LogP contribution in [0.3, 0.4) is 0 Å². The maximum Gasteiger partial charge on any atom is 0.158 e. The van der Waals surface area contributed by atoms with Crippen molar-refractivity contribution in [3.63, 3.8) is 0 Å². The molecule has 23 heavy (non-hydrogen) atoms. The van der Waals surface area contributed by atoms with Crippen molar-refractivity contribution in [2.24, 2.45) is 0 Å². The Morgan fingerprint density at radius 2 is 1.70 bits per heavy atom. The van der Waals surface area contributed by atoms with E-state index in [1.807, 2.05) is 70.4 Å². The Morgan fingerprint density at radius 3 is 2.52 bits per heavy atom. The molecular weight excluding hydrogens is 288 g/mol. The molecule has 4 aromatic rings. The minimum absolute atomic E-state index is 0.801. The summed E-state index contributed by atoms with van der Waals surface area (Å²) < 4.78 is 5.95. The van der Waals surface area contributed by atoms with E-state index in [0.29, 0.717) is 0 Å². The monoisotopic (exact) mass is 304 g/mol. The molecule has 6 nitrogen and oxygen atoms in total. The van der Waals surface area contributed by atoms with E-state index in [9.17, 15) is 0 Å². The number of aryl methyl sites for hydroxylation is 2. The van der Waals surface area contributed by atoms with E-state index in [1.165, 1.54) is 0 Å². The molecule has 0 saturated heterocycles. The zero-order valence-corrected chi connectivity index (χ0v) is 12.5. The SMILES string of the molecule is c1ccc(-n2nccc2-c2nccn2CCn2cccn2)cc1. The third-order valence-corrected chi connectivity index (χ3v) is 3.72.